The number of ether oxygens (including phenoxy) is 1. The molecule has 0 aliphatic carbocycles. The molecule has 7 heteroatoms. The van der Waals surface area contributed by atoms with Gasteiger partial charge in [0.2, 0.25) is 0 Å². The molecule has 1 N–H and O–H groups in total. The van der Waals surface area contributed by atoms with Crippen LogP contribution in [-0.4, -0.2) is 18.1 Å². The van der Waals surface area contributed by atoms with E-state index in [-0.39, 0.29) is 10.6 Å². The zero-order chi connectivity index (χ0) is 14.7. The second-order valence-corrected chi connectivity index (χ2v) is 5.05. The number of benzene rings is 1. The highest BCUT2D eigenvalue weighted by Gasteiger charge is 2.18. The lowest BCUT2D eigenvalue weighted by atomic mass is 10.2. The van der Waals surface area contributed by atoms with E-state index in [1.807, 2.05) is 0 Å². The van der Waals surface area contributed by atoms with E-state index >= 15 is 0 Å². The first-order valence-corrected chi connectivity index (χ1v) is 6.71. The van der Waals surface area contributed by atoms with Crippen LogP contribution in [-0.2, 0) is 4.74 Å². The molecule has 0 aliphatic heterocycles. The number of aromatic nitrogens is 1. The van der Waals surface area contributed by atoms with Crippen molar-refractivity contribution in [3.8, 4) is 0 Å². The van der Waals surface area contributed by atoms with E-state index in [9.17, 15) is 4.79 Å². The Balaban J connectivity index is 2.48. The number of esters is 1. The van der Waals surface area contributed by atoms with Crippen molar-refractivity contribution in [1.82, 2.24) is 4.98 Å². The third-order valence-electron chi connectivity index (χ3n) is 2.50. The van der Waals surface area contributed by atoms with Gasteiger partial charge in [-0.05, 0) is 18.2 Å². The average Bonchev–Trinajstić information content (AvgIpc) is 2.43. The van der Waals surface area contributed by atoms with Crippen LogP contribution in [0.25, 0.3) is 0 Å². The summed E-state index contributed by atoms with van der Waals surface area (Å²) in [6.07, 6.45) is 1.35. The molecule has 0 spiro atoms. The molecule has 0 saturated heterocycles. The topological polar surface area (TPSA) is 51.2 Å². The smallest absolute Gasteiger partial charge is 0.341 e. The maximum Gasteiger partial charge on any atom is 0.341 e. The van der Waals surface area contributed by atoms with E-state index in [2.05, 4.69) is 22.9 Å². The zero-order valence-corrected chi connectivity index (χ0v) is 12.8. The summed E-state index contributed by atoms with van der Waals surface area (Å²) < 4.78 is 4.70. The quantitative estimate of drug-likeness (QED) is 0.654. The largest absolute Gasteiger partial charge is 0.465 e. The van der Waals surface area contributed by atoms with Crippen LogP contribution in [0, 0.1) is 0 Å². The normalized spacial score (nSPS) is 10.2. The Kier molecular flexibility index (Phi) is 4.75. The van der Waals surface area contributed by atoms with Crippen molar-refractivity contribution in [2.75, 3.05) is 12.4 Å². The summed E-state index contributed by atoms with van der Waals surface area (Å²) in [7, 11) is 1.29. The third kappa shape index (κ3) is 3.17. The Morgan fingerprint density at radius 2 is 2.15 bits per heavy atom. The molecular weight excluding hydrogens is 319 g/mol. The SMILES string of the molecule is COC(=O)c1cnc(S)c(Cl)c1Nc1cccc(Cl)c1. The minimum absolute atomic E-state index is 0.218. The first kappa shape index (κ1) is 15.0. The van der Waals surface area contributed by atoms with Crippen LogP contribution < -0.4 is 5.32 Å². The summed E-state index contributed by atoms with van der Waals surface area (Å²) in [5.74, 6) is -0.544. The van der Waals surface area contributed by atoms with E-state index in [1.54, 1.807) is 24.3 Å². The molecule has 0 amide bonds. The minimum atomic E-state index is -0.544. The maximum absolute atomic E-state index is 11.7. The van der Waals surface area contributed by atoms with Crippen molar-refractivity contribution in [3.05, 3.63) is 46.1 Å². The van der Waals surface area contributed by atoms with E-state index in [0.717, 1.165) is 0 Å². The number of nitrogens with one attached hydrogen (secondary N) is 1. The summed E-state index contributed by atoms with van der Waals surface area (Å²) >= 11 is 16.2. The van der Waals surface area contributed by atoms with Crippen LogP contribution in [0.4, 0.5) is 11.4 Å². The van der Waals surface area contributed by atoms with Gasteiger partial charge in [-0.25, -0.2) is 9.78 Å². The number of hydrogen-bond acceptors (Lipinski definition) is 5. The molecule has 0 unspecified atom stereocenters. The standard InChI is InChI=1S/C13H10Cl2N2O2S/c1-19-13(18)9-6-16-12(20)10(15)11(9)17-8-4-2-3-7(14)5-8/h2-6H,1H3,(H2,16,17,20). The van der Waals surface area contributed by atoms with Gasteiger partial charge in [0.25, 0.3) is 0 Å². The average molecular weight is 329 g/mol. The number of rotatable bonds is 3. The Morgan fingerprint density at radius 1 is 1.40 bits per heavy atom. The number of hydrogen-bond donors (Lipinski definition) is 2. The molecule has 0 bridgehead atoms. The molecule has 2 rings (SSSR count). The molecule has 0 atom stereocenters. The fraction of sp³-hybridized carbons (Fsp3) is 0.0769. The van der Waals surface area contributed by atoms with E-state index in [4.69, 9.17) is 27.9 Å². The second kappa shape index (κ2) is 6.35. The summed E-state index contributed by atoms with van der Waals surface area (Å²) in [6.45, 7) is 0. The van der Waals surface area contributed by atoms with Crippen molar-refractivity contribution < 1.29 is 9.53 Å². The first-order chi connectivity index (χ1) is 9.52. The maximum atomic E-state index is 11.7. The van der Waals surface area contributed by atoms with Gasteiger partial charge in [0.05, 0.1) is 17.8 Å². The number of anilines is 2. The van der Waals surface area contributed by atoms with E-state index in [1.165, 1.54) is 13.3 Å². The van der Waals surface area contributed by atoms with Crippen molar-refractivity contribution >= 4 is 53.2 Å². The first-order valence-electron chi connectivity index (χ1n) is 5.51. The number of pyridine rings is 1. The monoisotopic (exact) mass is 328 g/mol. The molecule has 20 heavy (non-hydrogen) atoms. The molecule has 1 aromatic carbocycles. The molecule has 2 aromatic rings. The van der Waals surface area contributed by atoms with Gasteiger partial charge in [-0.1, -0.05) is 29.3 Å². The van der Waals surface area contributed by atoms with Crippen LogP contribution >= 0.6 is 35.8 Å². The van der Waals surface area contributed by atoms with Crippen LogP contribution in [0.1, 0.15) is 10.4 Å². The summed E-state index contributed by atoms with van der Waals surface area (Å²) in [5, 5.41) is 4.13. The molecule has 0 saturated carbocycles. The molecule has 104 valence electrons. The number of nitrogens with zero attached hydrogens (tertiary/aromatic N) is 1. The molecule has 1 aromatic heterocycles. The lowest BCUT2D eigenvalue weighted by Gasteiger charge is -2.13. The Hall–Kier alpha value is -1.43. The highest BCUT2D eigenvalue weighted by Crippen LogP contribution is 2.33. The fourth-order valence-electron chi connectivity index (χ4n) is 1.57. The molecular formula is C13H10Cl2N2O2S. The molecule has 4 nitrogen and oxygen atoms in total. The van der Waals surface area contributed by atoms with E-state index in [0.29, 0.717) is 21.4 Å². The van der Waals surface area contributed by atoms with Gasteiger partial charge in [0.15, 0.2) is 0 Å². The van der Waals surface area contributed by atoms with Gasteiger partial charge in [-0.2, -0.15) is 0 Å². The number of methoxy groups -OCH3 is 1. The second-order valence-electron chi connectivity index (χ2n) is 3.81. The van der Waals surface area contributed by atoms with Gasteiger partial charge >= 0.3 is 5.97 Å². The van der Waals surface area contributed by atoms with Crippen molar-refractivity contribution in [2.45, 2.75) is 5.03 Å². The molecule has 0 fully saturated rings. The lowest BCUT2D eigenvalue weighted by molar-refractivity contribution is 0.0601. The van der Waals surface area contributed by atoms with Crippen LogP contribution in [0.2, 0.25) is 10.0 Å². The van der Waals surface area contributed by atoms with Crippen molar-refractivity contribution in [3.63, 3.8) is 0 Å². The number of halogens is 2. The Morgan fingerprint density at radius 3 is 2.80 bits per heavy atom. The number of carbonyl (C=O) groups excluding carboxylic acids is 1. The fourth-order valence-corrected chi connectivity index (χ4v) is 2.13. The minimum Gasteiger partial charge on any atom is -0.465 e. The van der Waals surface area contributed by atoms with Gasteiger partial charge in [-0.15, -0.1) is 12.6 Å². The zero-order valence-electron chi connectivity index (χ0n) is 10.4. The number of carbonyl (C=O) groups is 1. The highest BCUT2D eigenvalue weighted by molar-refractivity contribution is 7.80. The van der Waals surface area contributed by atoms with Crippen LogP contribution in [0.5, 0.6) is 0 Å². The van der Waals surface area contributed by atoms with Gasteiger partial charge < -0.3 is 10.1 Å². The Bertz CT molecular complexity index is 665. The van der Waals surface area contributed by atoms with Gasteiger partial charge in [0, 0.05) is 16.9 Å². The predicted molar refractivity (Wildman–Crippen MR) is 82.6 cm³/mol. The molecule has 0 aliphatic rings. The van der Waals surface area contributed by atoms with Gasteiger partial charge in [-0.3, -0.25) is 0 Å². The molecule has 0 radical (unpaired) electrons. The summed E-state index contributed by atoms with van der Waals surface area (Å²) in [4.78, 5) is 15.7. The van der Waals surface area contributed by atoms with Crippen molar-refractivity contribution in [1.29, 1.82) is 0 Å². The lowest BCUT2D eigenvalue weighted by Crippen LogP contribution is -2.07. The Labute approximate surface area is 131 Å². The van der Waals surface area contributed by atoms with Gasteiger partial charge in [0.1, 0.15) is 10.6 Å². The third-order valence-corrected chi connectivity index (χ3v) is 3.57. The highest BCUT2D eigenvalue weighted by atomic mass is 35.5. The predicted octanol–water partition coefficient (Wildman–Crippen LogP) is 4.21. The summed E-state index contributed by atoms with van der Waals surface area (Å²) in [6, 6.07) is 7.02. The van der Waals surface area contributed by atoms with Crippen LogP contribution in [0.3, 0.4) is 0 Å². The number of thiol groups is 1. The van der Waals surface area contributed by atoms with E-state index < -0.39 is 5.97 Å². The summed E-state index contributed by atoms with van der Waals surface area (Å²) in [5.41, 5.74) is 1.28. The van der Waals surface area contributed by atoms with Crippen LogP contribution in [0.15, 0.2) is 35.5 Å². The molecule has 1 heterocycles. The van der Waals surface area contributed by atoms with Crippen molar-refractivity contribution in [2.24, 2.45) is 0 Å².